The van der Waals surface area contributed by atoms with E-state index in [0.29, 0.717) is 16.7 Å². The number of rotatable bonds is 3. The molecule has 17 heavy (non-hydrogen) atoms. The zero-order chi connectivity index (χ0) is 12.4. The highest BCUT2D eigenvalue weighted by Crippen LogP contribution is 2.31. The molecule has 1 unspecified atom stereocenters. The van der Waals surface area contributed by atoms with Gasteiger partial charge >= 0.3 is 0 Å². The maximum absolute atomic E-state index is 6.04. The van der Waals surface area contributed by atoms with Gasteiger partial charge in [-0.05, 0) is 40.5 Å². The minimum Gasteiger partial charge on any atom is -0.334 e. The van der Waals surface area contributed by atoms with Crippen molar-refractivity contribution in [3.05, 3.63) is 33.5 Å². The van der Waals surface area contributed by atoms with Crippen LogP contribution in [0.2, 0.25) is 5.02 Å². The molecule has 2 rings (SSSR count). The van der Waals surface area contributed by atoms with Crippen LogP contribution >= 0.6 is 39.1 Å². The lowest BCUT2D eigenvalue weighted by atomic mass is 10.2. The molecule has 0 radical (unpaired) electrons. The van der Waals surface area contributed by atoms with Crippen LogP contribution < -0.4 is 0 Å². The minimum absolute atomic E-state index is 0.231. The van der Waals surface area contributed by atoms with Gasteiger partial charge in [0.2, 0.25) is 0 Å². The third kappa shape index (κ3) is 2.81. The molecule has 0 saturated heterocycles. The Hall–Kier alpha value is -0.580. The second kappa shape index (κ2) is 5.38. The first-order chi connectivity index (χ1) is 8.11. The van der Waals surface area contributed by atoms with Crippen LogP contribution in [0.1, 0.15) is 24.5 Å². The van der Waals surface area contributed by atoms with Crippen LogP contribution in [0, 0.1) is 0 Å². The van der Waals surface area contributed by atoms with Crippen molar-refractivity contribution in [3.8, 4) is 11.5 Å². The molecule has 1 atom stereocenters. The van der Waals surface area contributed by atoms with Gasteiger partial charge in [0.25, 0.3) is 5.89 Å². The molecular formula is C11H9BrCl2N2O. The Morgan fingerprint density at radius 2 is 2.24 bits per heavy atom. The van der Waals surface area contributed by atoms with Crippen LogP contribution in [0.3, 0.4) is 0 Å². The van der Waals surface area contributed by atoms with Gasteiger partial charge in [0.1, 0.15) is 0 Å². The molecule has 0 spiro atoms. The van der Waals surface area contributed by atoms with Gasteiger partial charge in [-0.15, -0.1) is 11.6 Å². The topological polar surface area (TPSA) is 38.9 Å². The van der Waals surface area contributed by atoms with Crippen LogP contribution in [0.25, 0.3) is 11.5 Å². The van der Waals surface area contributed by atoms with Crippen molar-refractivity contribution in [1.29, 1.82) is 0 Å². The number of alkyl halides is 1. The monoisotopic (exact) mass is 334 g/mol. The fourth-order valence-corrected chi connectivity index (χ4v) is 1.99. The second-order valence-corrected chi connectivity index (χ2v) is 5.28. The van der Waals surface area contributed by atoms with Crippen LogP contribution in [-0.2, 0) is 0 Å². The predicted molar refractivity (Wildman–Crippen MR) is 71.3 cm³/mol. The summed E-state index contributed by atoms with van der Waals surface area (Å²) in [5.41, 5.74) is 0.760. The van der Waals surface area contributed by atoms with Crippen LogP contribution in [-0.4, -0.2) is 10.1 Å². The van der Waals surface area contributed by atoms with E-state index in [4.69, 9.17) is 27.7 Å². The predicted octanol–water partition coefficient (Wildman–Crippen LogP) is 4.84. The Morgan fingerprint density at radius 1 is 1.47 bits per heavy atom. The van der Waals surface area contributed by atoms with Gasteiger partial charge in [0.15, 0.2) is 5.82 Å². The quantitative estimate of drug-likeness (QED) is 0.753. The molecular weight excluding hydrogens is 327 g/mol. The summed E-state index contributed by atoms with van der Waals surface area (Å²) in [6.45, 7) is 1.96. The molecule has 0 N–H and O–H groups in total. The lowest BCUT2D eigenvalue weighted by Gasteiger charge is -1.99. The maximum atomic E-state index is 6.04. The molecule has 1 aromatic carbocycles. The van der Waals surface area contributed by atoms with E-state index < -0.39 is 0 Å². The van der Waals surface area contributed by atoms with Crippen molar-refractivity contribution >= 4 is 39.1 Å². The molecule has 3 nitrogen and oxygen atoms in total. The van der Waals surface area contributed by atoms with Gasteiger partial charge in [0, 0.05) is 9.50 Å². The van der Waals surface area contributed by atoms with Crippen molar-refractivity contribution in [2.24, 2.45) is 0 Å². The van der Waals surface area contributed by atoms with Crippen molar-refractivity contribution in [1.82, 2.24) is 10.1 Å². The summed E-state index contributed by atoms with van der Waals surface area (Å²) in [7, 11) is 0. The van der Waals surface area contributed by atoms with Crippen molar-refractivity contribution < 1.29 is 4.52 Å². The molecule has 0 aliphatic carbocycles. The summed E-state index contributed by atoms with van der Waals surface area (Å²) < 4.78 is 6.02. The van der Waals surface area contributed by atoms with Crippen LogP contribution in [0.4, 0.5) is 0 Å². The van der Waals surface area contributed by atoms with Gasteiger partial charge < -0.3 is 4.52 Å². The molecule has 90 valence electrons. The maximum Gasteiger partial charge on any atom is 0.259 e. The fourth-order valence-electron chi connectivity index (χ4n) is 1.32. The second-order valence-electron chi connectivity index (χ2n) is 3.46. The molecule has 0 aliphatic heterocycles. The highest BCUT2D eigenvalue weighted by molar-refractivity contribution is 9.10. The van der Waals surface area contributed by atoms with E-state index >= 15 is 0 Å². The largest absolute Gasteiger partial charge is 0.334 e. The van der Waals surface area contributed by atoms with Gasteiger partial charge in [-0.1, -0.05) is 23.7 Å². The van der Waals surface area contributed by atoms with E-state index in [-0.39, 0.29) is 5.38 Å². The standard InChI is InChI=1S/C11H9BrCl2N2O/c1-2-9(14)10-15-11(17-16-10)7-5-6(13)3-4-8(7)12/h3-5,9H,2H2,1H3. The highest BCUT2D eigenvalue weighted by atomic mass is 79.9. The number of halogens is 3. The van der Waals surface area contributed by atoms with Crippen molar-refractivity contribution in [3.63, 3.8) is 0 Å². The minimum atomic E-state index is -0.231. The highest BCUT2D eigenvalue weighted by Gasteiger charge is 2.16. The Balaban J connectivity index is 2.40. The molecule has 0 saturated carbocycles. The Morgan fingerprint density at radius 3 is 2.94 bits per heavy atom. The number of nitrogens with zero attached hydrogens (tertiary/aromatic N) is 2. The number of hydrogen-bond acceptors (Lipinski definition) is 3. The first-order valence-electron chi connectivity index (χ1n) is 5.05. The smallest absolute Gasteiger partial charge is 0.259 e. The molecule has 0 fully saturated rings. The number of benzene rings is 1. The third-order valence-electron chi connectivity index (χ3n) is 2.24. The average molecular weight is 336 g/mol. The first-order valence-corrected chi connectivity index (χ1v) is 6.65. The van der Waals surface area contributed by atoms with Gasteiger partial charge in [-0.3, -0.25) is 0 Å². The Labute approximate surface area is 117 Å². The Bertz CT molecular complexity index is 530. The summed E-state index contributed by atoms with van der Waals surface area (Å²) in [5, 5.41) is 4.23. The van der Waals surface area contributed by atoms with E-state index in [0.717, 1.165) is 16.5 Å². The number of aromatic nitrogens is 2. The lowest BCUT2D eigenvalue weighted by Crippen LogP contribution is -1.90. The van der Waals surface area contributed by atoms with Gasteiger partial charge in [-0.2, -0.15) is 4.98 Å². The number of hydrogen-bond donors (Lipinski definition) is 0. The third-order valence-corrected chi connectivity index (χ3v) is 3.67. The van der Waals surface area contributed by atoms with E-state index in [1.165, 1.54) is 0 Å². The summed E-state index contributed by atoms with van der Waals surface area (Å²) in [4.78, 5) is 4.25. The molecule has 0 amide bonds. The Kier molecular flexibility index (Phi) is 4.07. The SMILES string of the molecule is CCC(Cl)c1noc(-c2cc(Cl)ccc2Br)n1. The molecule has 0 aliphatic rings. The van der Waals surface area contributed by atoms with E-state index in [1.807, 2.05) is 13.0 Å². The van der Waals surface area contributed by atoms with Crippen LogP contribution in [0.5, 0.6) is 0 Å². The molecule has 0 bridgehead atoms. The normalized spacial score (nSPS) is 12.7. The molecule has 1 heterocycles. The van der Waals surface area contributed by atoms with Crippen molar-refractivity contribution in [2.75, 3.05) is 0 Å². The molecule has 1 aromatic heterocycles. The summed E-state index contributed by atoms with van der Waals surface area (Å²) in [6.07, 6.45) is 0.747. The van der Waals surface area contributed by atoms with Gasteiger partial charge in [-0.25, -0.2) is 0 Å². The van der Waals surface area contributed by atoms with E-state index in [2.05, 4.69) is 26.1 Å². The fraction of sp³-hybridized carbons (Fsp3) is 0.273. The van der Waals surface area contributed by atoms with Crippen LogP contribution in [0.15, 0.2) is 27.2 Å². The van der Waals surface area contributed by atoms with E-state index in [1.54, 1.807) is 12.1 Å². The van der Waals surface area contributed by atoms with Gasteiger partial charge in [0.05, 0.1) is 10.9 Å². The molecule has 2 aromatic rings. The summed E-state index contributed by atoms with van der Waals surface area (Å²) in [6, 6.07) is 5.38. The molecule has 6 heteroatoms. The van der Waals surface area contributed by atoms with E-state index in [9.17, 15) is 0 Å². The summed E-state index contributed by atoms with van der Waals surface area (Å²) >= 11 is 15.4. The van der Waals surface area contributed by atoms with Crippen molar-refractivity contribution in [2.45, 2.75) is 18.7 Å². The average Bonchev–Trinajstić information content (AvgIpc) is 2.80. The first kappa shape index (κ1) is 12.9. The zero-order valence-electron chi connectivity index (χ0n) is 8.95. The zero-order valence-corrected chi connectivity index (χ0v) is 12.1. The lowest BCUT2D eigenvalue weighted by molar-refractivity contribution is 0.421. The summed E-state index contributed by atoms with van der Waals surface area (Å²) in [5.74, 6) is 0.907.